The van der Waals surface area contributed by atoms with E-state index in [9.17, 15) is 4.79 Å². The Morgan fingerprint density at radius 2 is 2.30 bits per heavy atom. The minimum Gasteiger partial charge on any atom is -0.487 e. The Morgan fingerprint density at radius 1 is 1.55 bits per heavy atom. The maximum Gasteiger partial charge on any atom is 0.239 e. The predicted octanol–water partition coefficient (Wildman–Crippen LogP) is 2.45. The number of amides is 1. The standard InChI is InChI=1S/C15H21ClN2O2/c1-2-5-13(17)15(19)18-9-8-11(10-18)20-14-7-4-3-6-12(14)16/h3-4,6-7,11,13H,2,5,8-10,17H2,1H3/t11-,13+/m1/s1. The number of likely N-dealkylation sites (tertiary alicyclic amines) is 1. The van der Waals surface area contributed by atoms with Crippen molar-refractivity contribution in [3.8, 4) is 5.75 Å². The molecule has 20 heavy (non-hydrogen) atoms. The molecule has 1 aliphatic heterocycles. The van der Waals surface area contributed by atoms with Crippen LogP contribution >= 0.6 is 11.6 Å². The molecule has 1 aromatic rings. The molecule has 0 aromatic heterocycles. The van der Waals surface area contributed by atoms with Crippen LogP contribution in [-0.2, 0) is 4.79 Å². The number of benzene rings is 1. The summed E-state index contributed by atoms with van der Waals surface area (Å²) in [5, 5.41) is 0.597. The van der Waals surface area contributed by atoms with Crippen molar-refractivity contribution in [3.63, 3.8) is 0 Å². The van der Waals surface area contributed by atoms with E-state index >= 15 is 0 Å². The number of hydrogen-bond acceptors (Lipinski definition) is 3. The Balaban J connectivity index is 1.89. The average Bonchev–Trinajstić information content (AvgIpc) is 2.89. The fourth-order valence-corrected chi connectivity index (χ4v) is 2.59. The van der Waals surface area contributed by atoms with Crippen LogP contribution in [0.5, 0.6) is 5.75 Å². The molecule has 1 heterocycles. The fourth-order valence-electron chi connectivity index (χ4n) is 2.41. The van der Waals surface area contributed by atoms with Crippen LogP contribution in [0.4, 0.5) is 0 Å². The molecule has 1 aliphatic rings. The van der Waals surface area contributed by atoms with Crippen LogP contribution in [-0.4, -0.2) is 36.0 Å². The van der Waals surface area contributed by atoms with E-state index in [4.69, 9.17) is 22.1 Å². The van der Waals surface area contributed by atoms with Crippen molar-refractivity contribution < 1.29 is 9.53 Å². The number of para-hydroxylation sites is 1. The van der Waals surface area contributed by atoms with Gasteiger partial charge in [-0.1, -0.05) is 37.1 Å². The second-order valence-electron chi connectivity index (χ2n) is 5.14. The van der Waals surface area contributed by atoms with Crippen molar-refractivity contribution in [1.29, 1.82) is 0 Å². The van der Waals surface area contributed by atoms with Gasteiger partial charge in [0.05, 0.1) is 17.6 Å². The third-order valence-corrected chi connectivity index (χ3v) is 3.82. The number of halogens is 1. The van der Waals surface area contributed by atoms with E-state index in [0.717, 1.165) is 19.3 Å². The Kier molecular flexibility index (Phi) is 5.26. The summed E-state index contributed by atoms with van der Waals surface area (Å²) < 4.78 is 5.86. The van der Waals surface area contributed by atoms with Gasteiger partial charge in [-0.2, -0.15) is 0 Å². The number of carbonyl (C=O) groups is 1. The molecule has 0 aliphatic carbocycles. The van der Waals surface area contributed by atoms with Crippen LogP contribution in [0.3, 0.4) is 0 Å². The van der Waals surface area contributed by atoms with Gasteiger partial charge in [0.15, 0.2) is 0 Å². The molecule has 2 N–H and O–H groups in total. The SMILES string of the molecule is CCC[C@H](N)C(=O)N1CC[C@@H](Oc2ccccc2Cl)C1. The third kappa shape index (κ3) is 3.64. The normalized spacial score (nSPS) is 19.9. The van der Waals surface area contributed by atoms with Crippen LogP contribution in [0.15, 0.2) is 24.3 Å². The van der Waals surface area contributed by atoms with Gasteiger partial charge < -0.3 is 15.4 Å². The van der Waals surface area contributed by atoms with Gasteiger partial charge in [0.2, 0.25) is 5.91 Å². The monoisotopic (exact) mass is 296 g/mol. The van der Waals surface area contributed by atoms with Gasteiger partial charge in [-0.3, -0.25) is 4.79 Å². The minimum absolute atomic E-state index is 0.00678. The highest BCUT2D eigenvalue weighted by Crippen LogP contribution is 2.26. The highest BCUT2D eigenvalue weighted by atomic mass is 35.5. The van der Waals surface area contributed by atoms with Crippen molar-refractivity contribution in [1.82, 2.24) is 4.90 Å². The van der Waals surface area contributed by atoms with Gasteiger partial charge in [0.1, 0.15) is 11.9 Å². The molecule has 1 saturated heterocycles. The lowest BCUT2D eigenvalue weighted by Gasteiger charge is -2.21. The molecular formula is C15H21ClN2O2. The number of hydrogen-bond donors (Lipinski definition) is 1. The van der Waals surface area contributed by atoms with Crippen molar-refractivity contribution in [3.05, 3.63) is 29.3 Å². The summed E-state index contributed by atoms with van der Waals surface area (Å²) in [6, 6.07) is 7.00. The largest absolute Gasteiger partial charge is 0.487 e. The maximum absolute atomic E-state index is 12.1. The van der Waals surface area contributed by atoms with E-state index in [1.54, 1.807) is 11.0 Å². The first kappa shape index (κ1) is 15.1. The highest BCUT2D eigenvalue weighted by molar-refractivity contribution is 6.32. The average molecular weight is 297 g/mol. The molecule has 1 amide bonds. The Bertz CT molecular complexity index is 467. The summed E-state index contributed by atoms with van der Waals surface area (Å²) in [6.07, 6.45) is 2.45. The van der Waals surface area contributed by atoms with Crippen molar-refractivity contribution in [2.24, 2.45) is 5.73 Å². The van der Waals surface area contributed by atoms with E-state index in [1.807, 2.05) is 25.1 Å². The quantitative estimate of drug-likeness (QED) is 0.908. The van der Waals surface area contributed by atoms with Crippen molar-refractivity contribution in [2.45, 2.75) is 38.3 Å². The summed E-state index contributed by atoms with van der Waals surface area (Å²) >= 11 is 6.07. The molecular weight excluding hydrogens is 276 g/mol. The lowest BCUT2D eigenvalue weighted by Crippen LogP contribution is -2.43. The molecule has 0 spiro atoms. The zero-order valence-corrected chi connectivity index (χ0v) is 12.5. The van der Waals surface area contributed by atoms with Crippen molar-refractivity contribution >= 4 is 17.5 Å². The molecule has 0 unspecified atom stereocenters. The zero-order chi connectivity index (χ0) is 14.5. The zero-order valence-electron chi connectivity index (χ0n) is 11.7. The second kappa shape index (κ2) is 6.95. The molecule has 110 valence electrons. The van der Waals surface area contributed by atoms with E-state index < -0.39 is 0 Å². The first-order valence-corrected chi connectivity index (χ1v) is 7.45. The summed E-state index contributed by atoms with van der Waals surface area (Å²) in [6.45, 7) is 3.31. The van der Waals surface area contributed by atoms with E-state index in [-0.39, 0.29) is 18.1 Å². The molecule has 5 heteroatoms. The summed E-state index contributed by atoms with van der Waals surface area (Å²) in [7, 11) is 0. The molecule has 2 rings (SSSR count). The smallest absolute Gasteiger partial charge is 0.239 e. The van der Waals surface area contributed by atoms with Crippen LogP contribution in [0.1, 0.15) is 26.2 Å². The van der Waals surface area contributed by atoms with Gasteiger partial charge in [0.25, 0.3) is 0 Å². The van der Waals surface area contributed by atoms with E-state index in [0.29, 0.717) is 23.9 Å². The summed E-state index contributed by atoms with van der Waals surface area (Å²) in [5.41, 5.74) is 5.88. The lowest BCUT2D eigenvalue weighted by molar-refractivity contribution is -0.132. The Labute approximate surface area is 124 Å². The summed E-state index contributed by atoms with van der Waals surface area (Å²) in [5.74, 6) is 0.698. The predicted molar refractivity (Wildman–Crippen MR) is 79.9 cm³/mol. The molecule has 4 nitrogen and oxygen atoms in total. The fraction of sp³-hybridized carbons (Fsp3) is 0.533. The summed E-state index contributed by atoms with van der Waals surface area (Å²) in [4.78, 5) is 13.9. The van der Waals surface area contributed by atoms with E-state index in [1.165, 1.54) is 0 Å². The van der Waals surface area contributed by atoms with Crippen molar-refractivity contribution in [2.75, 3.05) is 13.1 Å². The van der Waals surface area contributed by atoms with Gasteiger partial charge >= 0.3 is 0 Å². The third-order valence-electron chi connectivity index (χ3n) is 3.50. The first-order chi connectivity index (χ1) is 9.61. The number of nitrogens with zero attached hydrogens (tertiary/aromatic N) is 1. The Morgan fingerprint density at radius 3 is 3.00 bits per heavy atom. The Hall–Kier alpha value is -1.26. The van der Waals surface area contributed by atoms with E-state index in [2.05, 4.69) is 0 Å². The minimum atomic E-state index is -0.390. The molecule has 1 aromatic carbocycles. The van der Waals surface area contributed by atoms with Gasteiger partial charge in [-0.25, -0.2) is 0 Å². The maximum atomic E-state index is 12.1. The van der Waals surface area contributed by atoms with Crippen LogP contribution in [0.2, 0.25) is 5.02 Å². The number of nitrogens with two attached hydrogens (primary N) is 1. The van der Waals surface area contributed by atoms with Gasteiger partial charge in [-0.05, 0) is 18.6 Å². The van der Waals surface area contributed by atoms with Crippen LogP contribution in [0, 0.1) is 0 Å². The van der Waals surface area contributed by atoms with Crippen LogP contribution < -0.4 is 10.5 Å². The lowest BCUT2D eigenvalue weighted by atomic mass is 10.1. The number of ether oxygens (including phenoxy) is 1. The number of rotatable bonds is 5. The first-order valence-electron chi connectivity index (χ1n) is 7.07. The molecule has 0 radical (unpaired) electrons. The topological polar surface area (TPSA) is 55.6 Å². The molecule has 0 bridgehead atoms. The molecule has 2 atom stereocenters. The molecule has 0 saturated carbocycles. The van der Waals surface area contributed by atoms with Gasteiger partial charge in [0, 0.05) is 13.0 Å². The molecule has 1 fully saturated rings. The number of carbonyl (C=O) groups excluding carboxylic acids is 1. The second-order valence-corrected chi connectivity index (χ2v) is 5.55. The van der Waals surface area contributed by atoms with Crippen LogP contribution in [0.25, 0.3) is 0 Å². The van der Waals surface area contributed by atoms with Gasteiger partial charge in [-0.15, -0.1) is 0 Å². The highest BCUT2D eigenvalue weighted by Gasteiger charge is 2.30.